The number of benzene rings is 2. The Morgan fingerprint density at radius 1 is 0.886 bits per heavy atom. The van der Waals surface area contributed by atoms with E-state index in [0.717, 1.165) is 67.6 Å². The predicted molar refractivity (Wildman–Crippen MR) is 135 cm³/mol. The number of fused-ring (bicyclic) bond motifs is 3. The molecule has 3 aliphatic heterocycles. The van der Waals surface area contributed by atoms with Crippen molar-refractivity contribution in [2.75, 3.05) is 32.8 Å². The molecule has 0 aromatic heterocycles. The van der Waals surface area contributed by atoms with Crippen LogP contribution in [0.2, 0.25) is 0 Å². The van der Waals surface area contributed by atoms with Crippen LogP contribution in [0.4, 0.5) is 0 Å². The molecule has 2 aromatic carbocycles. The molecule has 5 heteroatoms. The Balaban J connectivity index is 0.00000289. The number of quaternary nitrogens is 1. The van der Waals surface area contributed by atoms with Crippen molar-refractivity contribution in [3.63, 3.8) is 0 Å². The van der Waals surface area contributed by atoms with Gasteiger partial charge in [-0.1, -0.05) is 74.2 Å². The van der Waals surface area contributed by atoms with Crippen LogP contribution in [0.5, 0.6) is 5.75 Å². The Morgan fingerprint density at radius 3 is 2.17 bits per heavy atom. The minimum Gasteiger partial charge on any atom is -1.00 e. The summed E-state index contributed by atoms with van der Waals surface area (Å²) in [6.45, 7) is 5.26. The van der Waals surface area contributed by atoms with E-state index in [1.165, 1.54) is 38.8 Å². The summed E-state index contributed by atoms with van der Waals surface area (Å²) in [5, 5.41) is 0. The third-order valence-corrected chi connectivity index (χ3v) is 8.76. The molecule has 6 rings (SSSR count). The molecule has 1 aliphatic carbocycles. The molecule has 35 heavy (non-hydrogen) atoms. The third-order valence-electron chi connectivity index (χ3n) is 8.76. The van der Waals surface area contributed by atoms with Crippen LogP contribution in [-0.2, 0) is 14.9 Å². The number of hydrogen-bond acceptors (Lipinski definition) is 3. The Hall–Kier alpha value is -1.85. The minimum atomic E-state index is -0.460. The monoisotopic (exact) mass is 541 g/mol. The van der Waals surface area contributed by atoms with E-state index in [0.29, 0.717) is 5.92 Å². The zero-order valence-corrected chi connectivity index (χ0v) is 22.5. The molecule has 2 bridgehead atoms. The van der Waals surface area contributed by atoms with E-state index in [4.69, 9.17) is 9.47 Å². The van der Waals surface area contributed by atoms with Gasteiger partial charge in [0.25, 0.3) is 0 Å². The van der Waals surface area contributed by atoms with Gasteiger partial charge in [0.1, 0.15) is 12.3 Å². The molecule has 4 aliphatic rings. The summed E-state index contributed by atoms with van der Waals surface area (Å²) >= 11 is 0. The van der Waals surface area contributed by atoms with Gasteiger partial charge in [-0.15, -0.1) is 0 Å². The summed E-state index contributed by atoms with van der Waals surface area (Å²) in [5.41, 5.74) is 0.697. The highest BCUT2D eigenvalue weighted by molar-refractivity contribution is 5.83. The van der Waals surface area contributed by atoms with Gasteiger partial charge in [-0.3, -0.25) is 4.79 Å². The van der Waals surface area contributed by atoms with Crippen molar-refractivity contribution in [1.29, 1.82) is 0 Å². The first kappa shape index (κ1) is 26.2. The fourth-order valence-corrected chi connectivity index (χ4v) is 6.73. The van der Waals surface area contributed by atoms with Crippen molar-refractivity contribution in [2.24, 2.45) is 5.92 Å². The first-order valence-corrected chi connectivity index (χ1v) is 13.5. The summed E-state index contributed by atoms with van der Waals surface area (Å²) in [6.07, 6.45) is 9.96. The summed E-state index contributed by atoms with van der Waals surface area (Å²) in [6, 6.07) is 20.6. The number of para-hydroxylation sites is 1. The van der Waals surface area contributed by atoms with Crippen LogP contribution in [0.25, 0.3) is 0 Å². The van der Waals surface area contributed by atoms with Crippen molar-refractivity contribution in [2.45, 2.75) is 69.3 Å². The lowest BCUT2D eigenvalue weighted by atomic mass is 9.74. The SMILES string of the molecule is O=C(O[C@H]1C[N+]2(CCCOc3ccccc3)CCC1CC2)C1(c2ccccc2)CCCCCC1.[Br-]. The van der Waals surface area contributed by atoms with Gasteiger partial charge in [0.05, 0.1) is 31.7 Å². The van der Waals surface area contributed by atoms with Gasteiger partial charge in [0.15, 0.2) is 6.10 Å². The molecule has 0 amide bonds. The summed E-state index contributed by atoms with van der Waals surface area (Å²) in [5.74, 6) is 1.52. The van der Waals surface area contributed by atoms with Crippen LogP contribution in [0.3, 0.4) is 0 Å². The zero-order chi connectivity index (χ0) is 23.3. The van der Waals surface area contributed by atoms with E-state index >= 15 is 0 Å². The largest absolute Gasteiger partial charge is 1.00 e. The lowest BCUT2D eigenvalue weighted by molar-refractivity contribution is -0.946. The average Bonchev–Trinajstić information content (AvgIpc) is 3.16. The number of ether oxygens (including phenoxy) is 2. The van der Waals surface area contributed by atoms with E-state index in [2.05, 4.69) is 24.3 Å². The smallest absolute Gasteiger partial charge is 0.317 e. The first-order chi connectivity index (χ1) is 16.7. The van der Waals surface area contributed by atoms with Gasteiger partial charge in [-0.2, -0.15) is 0 Å². The van der Waals surface area contributed by atoms with Crippen molar-refractivity contribution in [1.82, 2.24) is 0 Å². The molecule has 4 fully saturated rings. The predicted octanol–water partition coefficient (Wildman–Crippen LogP) is 2.90. The first-order valence-electron chi connectivity index (χ1n) is 13.5. The van der Waals surface area contributed by atoms with Crippen molar-refractivity contribution < 1.29 is 35.7 Å². The molecule has 4 nitrogen and oxygen atoms in total. The van der Waals surface area contributed by atoms with Crippen LogP contribution >= 0.6 is 0 Å². The highest BCUT2D eigenvalue weighted by Gasteiger charge is 2.50. The molecule has 0 unspecified atom stereocenters. The molecule has 3 saturated heterocycles. The Kier molecular flexibility index (Phi) is 8.93. The van der Waals surface area contributed by atoms with E-state index < -0.39 is 5.41 Å². The second-order valence-electron chi connectivity index (χ2n) is 10.9. The molecule has 190 valence electrons. The van der Waals surface area contributed by atoms with Gasteiger partial charge in [-0.25, -0.2) is 0 Å². The number of nitrogens with zero attached hydrogens (tertiary/aromatic N) is 1. The summed E-state index contributed by atoms with van der Waals surface area (Å²) in [4.78, 5) is 13.9. The second kappa shape index (κ2) is 11.9. The topological polar surface area (TPSA) is 35.5 Å². The van der Waals surface area contributed by atoms with E-state index in [9.17, 15) is 4.79 Å². The van der Waals surface area contributed by atoms with Crippen LogP contribution < -0.4 is 21.7 Å². The van der Waals surface area contributed by atoms with Gasteiger partial charge < -0.3 is 30.9 Å². The molecule has 3 heterocycles. The fraction of sp³-hybridized carbons (Fsp3) is 0.567. The number of halogens is 1. The van der Waals surface area contributed by atoms with Crippen LogP contribution in [0.15, 0.2) is 60.7 Å². The molecule has 0 radical (unpaired) electrons. The van der Waals surface area contributed by atoms with E-state index in [1.807, 2.05) is 36.4 Å². The molecule has 2 aromatic rings. The highest BCUT2D eigenvalue weighted by Crippen LogP contribution is 2.42. The maximum Gasteiger partial charge on any atom is 0.317 e. The standard InChI is InChI=1S/C30H40NO3.BrH/c32-29(30(18-9-1-2-10-19-30)26-12-5-3-6-13-26)34-28-24-31(21-16-25(28)17-22-31)20-11-23-33-27-14-7-4-8-15-27;/h3-8,12-15,25,28H,1-2,9-11,16-24H2;1H/q+1;/p-1/t25?,28-,31?;/m0./s1. The molecule has 1 saturated carbocycles. The lowest BCUT2D eigenvalue weighted by Gasteiger charge is -2.52. The molecule has 1 atom stereocenters. The number of esters is 1. The Bertz CT molecular complexity index is 919. The van der Waals surface area contributed by atoms with Crippen LogP contribution in [0.1, 0.15) is 63.4 Å². The van der Waals surface area contributed by atoms with Crippen LogP contribution in [-0.4, -0.2) is 49.3 Å². The van der Waals surface area contributed by atoms with Crippen molar-refractivity contribution in [3.8, 4) is 5.75 Å². The maximum atomic E-state index is 13.9. The number of piperidine rings is 3. The molecule has 0 N–H and O–H groups in total. The number of rotatable bonds is 8. The number of carbonyl (C=O) groups excluding carboxylic acids is 1. The quantitative estimate of drug-likeness (QED) is 0.223. The Labute approximate surface area is 221 Å². The summed E-state index contributed by atoms with van der Waals surface area (Å²) < 4.78 is 13.5. The average molecular weight is 543 g/mol. The fourth-order valence-electron chi connectivity index (χ4n) is 6.73. The molecule has 0 spiro atoms. The summed E-state index contributed by atoms with van der Waals surface area (Å²) in [7, 11) is 0. The highest BCUT2D eigenvalue weighted by atomic mass is 79.9. The van der Waals surface area contributed by atoms with Crippen LogP contribution in [0, 0.1) is 5.92 Å². The minimum absolute atomic E-state index is 0. The normalized spacial score (nSPS) is 27.3. The molecular weight excluding hydrogens is 502 g/mol. The number of carbonyl (C=O) groups is 1. The second-order valence-corrected chi connectivity index (χ2v) is 10.9. The van der Waals surface area contributed by atoms with E-state index in [-0.39, 0.29) is 29.1 Å². The van der Waals surface area contributed by atoms with E-state index in [1.54, 1.807) is 0 Å². The Morgan fingerprint density at radius 2 is 1.51 bits per heavy atom. The third kappa shape index (κ3) is 5.94. The van der Waals surface area contributed by atoms with Crippen molar-refractivity contribution >= 4 is 5.97 Å². The number of hydrogen-bond donors (Lipinski definition) is 0. The maximum absolute atomic E-state index is 13.9. The van der Waals surface area contributed by atoms with Crippen molar-refractivity contribution in [3.05, 3.63) is 66.2 Å². The molecular formula is C30H40BrNO3. The van der Waals surface area contributed by atoms with Gasteiger partial charge in [0.2, 0.25) is 0 Å². The van der Waals surface area contributed by atoms with Gasteiger partial charge in [-0.05, 0) is 30.5 Å². The van der Waals surface area contributed by atoms with Gasteiger partial charge >= 0.3 is 5.97 Å². The van der Waals surface area contributed by atoms with Gasteiger partial charge in [0, 0.05) is 25.2 Å². The zero-order valence-electron chi connectivity index (χ0n) is 20.9. The lowest BCUT2D eigenvalue weighted by Crippen LogP contribution is -3.00.